The van der Waals surface area contributed by atoms with Crippen molar-refractivity contribution in [2.45, 2.75) is 40.2 Å². The van der Waals surface area contributed by atoms with Crippen LogP contribution in [0.3, 0.4) is 0 Å². The van der Waals surface area contributed by atoms with Crippen molar-refractivity contribution in [2.75, 3.05) is 13.2 Å². The van der Waals surface area contributed by atoms with Crippen LogP contribution in [0.2, 0.25) is 0 Å². The first kappa shape index (κ1) is 22.9. The van der Waals surface area contributed by atoms with Crippen LogP contribution in [0.25, 0.3) is 10.9 Å². The number of aromatic amines is 1. The third-order valence-electron chi connectivity index (χ3n) is 4.24. The second-order valence-corrected chi connectivity index (χ2v) is 7.10. The van der Waals surface area contributed by atoms with E-state index in [9.17, 15) is 14.4 Å². The Bertz CT molecular complexity index is 914. The lowest BCUT2D eigenvalue weighted by Crippen LogP contribution is -2.25. The van der Waals surface area contributed by atoms with E-state index in [1.54, 1.807) is 19.9 Å². The van der Waals surface area contributed by atoms with Gasteiger partial charge in [-0.25, -0.2) is 0 Å². The van der Waals surface area contributed by atoms with Crippen LogP contribution >= 0.6 is 15.9 Å². The Morgan fingerprint density at radius 3 is 2.52 bits per heavy atom. The standard InChI is InChI=1S/C19H22BBrN2O6/c1-4-27-15(25)8-12(19(26)28-5-2)6-11-7-14(20)17-16(18(21)23-22-17)13(11)9-29-10(3)24/h7,12H,4-6,8-9H2,1-3H3,(H,22,23)/t12-/m0/s1. The zero-order chi connectivity index (χ0) is 21.6. The molecule has 1 atom stereocenters. The highest BCUT2D eigenvalue weighted by Gasteiger charge is 2.27. The summed E-state index contributed by atoms with van der Waals surface area (Å²) in [7, 11) is 6.14. The average Bonchev–Trinajstić information content (AvgIpc) is 3.03. The quantitative estimate of drug-likeness (QED) is 0.342. The van der Waals surface area contributed by atoms with Crippen molar-refractivity contribution < 1.29 is 28.6 Å². The van der Waals surface area contributed by atoms with Crippen molar-refractivity contribution in [3.8, 4) is 0 Å². The second-order valence-electron chi connectivity index (χ2n) is 6.31. The number of nitrogens with one attached hydrogen (secondary N) is 1. The van der Waals surface area contributed by atoms with Crippen molar-refractivity contribution >= 4 is 58.0 Å². The minimum Gasteiger partial charge on any atom is -0.466 e. The molecule has 0 fully saturated rings. The van der Waals surface area contributed by atoms with Gasteiger partial charge in [0.15, 0.2) is 0 Å². The molecule has 10 heteroatoms. The van der Waals surface area contributed by atoms with Gasteiger partial charge in [-0.15, -0.1) is 0 Å². The molecule has 154 valence electrons. The van der Waals surface area contributed by atoms with E-state index in [0.29, 0.717) is 32.1 Å². The number of benzene rings is 1. The summed E-state index contributed by atoms with van der Waals surface area (Å²) in [5.41, 5.74) is 2.20. The largest absolute Gasteiger partial charge is 0.466 e. The first-order chi connectivity index (χ1) is 13.8. The molecule has 2 rings (SSSR count). The molecule has 0 spiro atoms. The molecule has 0 amide bonds. The van der Waals surface area contributed by atoms with Crippen LogP contribution in [0, 0.1) is 5.92 Å². The molecule has 0 saturated heterocycles. The zero-order valence-corrected chi connectivity index (χ0v) is 18.1. The maximum atomic E-state index is 12.5. The number of hydrogen-bond donors (Lipinski definition) is 1. The fourth-order valence-corrected chi connectivity index (χ4v) is 3.53. The van der Waals surface area contributed by atoms with Crippen molar-refractivity contribution in [3.63, 3.8) is 0 Å². The van der Waals surface area contributed by atoms with Crippen molar-refractivity contribution in [3.05, 3.63) is 21.8 Å². The summed E-state index contributed by atoms with van der Waals surface area (Å²) in [5, 5.41) is 7.61. The SMILES string of the molecule is [B]c1cc(C[C@@H](CC(=O)OCC)C(=O)OCC)c(COC(C)=O)c2c(Br)[nH]nc12. The highest BCUT2D eigenvalue weighted by atomic mass is 79.9. The lowest BCUT2D eigenvalue weighted by atomic mass is 9.85. The molecule has 1 heterocycles. The van der Waals surface area contributed by atoms with Crippen LogP contribution in [0.15, 0.2) is 10.7 Å². The summed E-state index contributed by atoms with van der Waals surface area (Å²) in [4.78, 5) is 35.8. The van der Waals surface area contributed by atoms with E-state index in [2.05, 4.69) is 26.1 Å². The second kappa shape index (κ2) is 10.4. The zero-order valence-electron chi connectivity index (χ0n) is 16.5. The van der Waals surface area contributed by atoms with E-state index in [1.165, 1.54) is 6.92 Å². The summed E-state index contributed by atoms with van der Waals surface area (Å²) in [5.74, 6) is -2.23. The first-order valence-electron chi connectivity index (χ1n) is 9.17. The number of nitrogens with zero attached hydrogens (tertiary/aromatic N) is 1. The Hall–Kier alpha value is -2.36. The van der Waals surface area contributed by atoms with E-state index in [-0.39, 0.29) is 32.7 Å². The average molecular weight is 465 g/mol. The first-order valence-corrected chi connectivity index (χ1v) is 9.97. The molecule has 0 unspecified atom stereocenters. The summed E-state index contributed by atoms with van der Waals surface area (Å²) in [6.45, 7) is 5.06. The van der Waals surface area contributed by atoms with E-state index >= 15 is 0 Å². The molecule has 0 saturated carbocycles. The van der Waals surface area contributed by atoms with Gasteiger partial charge in [0.2, 0.25) is 0 Å². The minimum atomic E-state index is -0.771. The molecule has 1 aromatic carbocycles. The molecule has 0 bridgehead atoms. The summed E-state index contributed by atoms with van der Waals surface area (Å²) < 4.78 is 15.9. The number of rotatable bonds is 9. The van der Waals surface area contributed by atoms with Gasteiger partial charge in [0.1, 0.15) is 19.1 Å². The number of halogens is 1. The van der Waals surface area contributed by atoms with Crippen molar-refractivity contribution in [1.29, 1.82) is 0 Å². The Morgan fingerprint density at radius 1 is 1.21 bits per heavy atom. The molecular weight excluding hydrogens is 443 g/mol. The highest BCUT2D eigenvalue weighted by molar-refractivity contribution is 9.10. The molecular formula is C19H22BBrN2O6. The van der Waals surface area contributed by atoms with E-state index in [1.807, 2.05) is 0 Å². The Morgan fingerprint density at radius 2 is 1.90 bits per heavy atom. The van der Waals surface area contributed by atoms with Gasteiger partial charge in [0.05, 0.1) is 31.1 Å². The number of esters is 3. The predicted octanol–water partition coefficient (Wildman–Crippen LogP) is 1.86. The van der Waals surface area contributed by atoms with Crippen LogP contribution in [-0.2, 0) is 41.6 Å². The van der Waals surface area contributed by atoms with Gasteiger partial charge in [-0.05, 0) is 41.8 Å². The maximum Gasteiger partial charge on any atom is 0.309 e. The van der Waals surface area contributed by atoms with Gasteiger partial charge in [-0.1, -0.05) is 11.5 Å². The molecule has 2 aromatic rings. The van der Waals surface area contributed by atoms with Gasteiger partial charge >= 0.3 is 17.9 Å². The molecule has 0 aliphatic rings. The topological polar surface area (TPSA) is 108 Å². The Kier molecular flexibility index (Phi) is 8.25. The monoisotopic (exact) mass is 464 g/mol. The van der Waals surface area contributed by atoms with Gasteiger partial charge in [0, 0.05) is 17.9 Å². The number of H-pyrrole nitrogens is 1. The summed E-state index contributed by atoms with van der Waals surface area (Å²) in [6, 6.07) is 1.67. The number of aromatic nitrogens is 2. The van der Waals surface area contributed by atoms with Gasteiger partial charge in [-0.3, -0.25) is 19.5 Å². The third kappa shape index (κ3) is 5.82. The van der Waals surface area contributed by atoms with Gasteiger partial charge in [0.25, 0.3) is 0 Å². The number of carbonyl (C=O) groups is 3. The van der Waals surface area contributed by atoms with Crippen molar-refractivity contribution in [2.24, 2.45) is 5.92 Å². The Labute approximate surface area is 178 Å². The number of fused-ring (bicyclic) bond motifs is 1. The van der Waals surface area contributed by atoms with E-state index in [0.717, 1.165) is 0 Å². The fourth-order valence-electron chi connectivity index (χ4n) is 3.02. The van der Waals surface area contributed by atoms with Crippen LogP contribution in [0.5, 0.6) is 0 Å². The minimum absolute atomic E-state index is 0.0332. The fraction of sp³-hybridized carbons (Fsp3) is 0.474. The highest BCUT2D eigenvalue weighted by Crippen LogP contribution is 2.29. The molecule has 0 aliphatic heterocycles. The summed E-state index contributed by atoms with van der Waals surface area (Å²) in [6.07, 6.45) is 0.0240. The van der Waals surface area contributed by atoms with E-state index in [4.69, 9.17) is 22.1 Å². The van der Waals surface area contributed by atoms with Gasteiger partial charge in [-0.2, -0.15) is 5.10 Å². The van der Waals surface area contributed by atoms with Crippen LogP contribution in [0.1, 0.15) is 38.3 Å². The molecule has 1 aromatic heterocycles. The molecule has 1 N–H and O–H groups in total. The predicted molar refractivity (Wildman–Crippen MR) is 110 cm³/mol. The molecule has 8 nitrogen and oxygen atoms in total. The summed E-state index contributed by atoms with van der Waals surface area (Å²) >= 11 is 3.39. The molecule has 0 aliphatic carbocycles. The Balaban J connectivity index is 2.48. The molecule has 2 radical (unpaired) electrons. The number of carbonyl (C=O) groups excluding carboxylic acids is 3. The van der Waals surface area contributed by atoms with Crippen LogP contribution in [-0.4, -0.2) is 49.2 Å². The normalized spacial score (nSPS) is 11.9. The lowest BCUT2D eigenvalue weighted by Gasteiger charge is -2.18. The van der Waals surface area contributed by atoms with Gasteiger partial charge < -0.3 is 14.2 Å². The number of ether oxygens (including phenoxy) is 3. The smallest absolute Gasteiger partial charge is 0.309 e. The third-order valence-corrected chi connectivity index (χ3v) is 4.81. The van der Waals surface area contributed by atoms with E-state index < -0.39 is 23.8 Å². The lowest BCUT2D eigenvalue weighted by molar-refractivity contribution is -0.154. The van der Waals surface area contributed by atoms with Crippen LogP contribution < -0.4 is 5.46 Å². The van der Waals surface area contributed by atoms with Crippen molar-refractivity contribution in [1.82, 2.24) is 10.2 Å². The maximum absolute atomic E-state index is 12.5. The van der Waals surface area contributed by atoms with Crippen LogP contribution in [0.4, 0.5) is 0 Å². The molecule has 29 heavy (non-hydrogen) atoms. The number of hydrogen-bond acceptors (Lipinski definition) is 7.